The Morgan fingerprint density at radius 1 is 1.00 bits per heavy atom. The van der Waals surface area contributed by atoms with Crippen LogP contribution < -0.4 is 0 Å². The highest BCUT2D eigenvalue weighted by molar-refractivity contribution is 5.74. The molecule has 2 N–H and O–H groups in total. The summed E-state index contributed by atoms with van der Waals surface area (Å²) in [6.45, 7) is 10.4. The molecule has 5 nitrogen and oxygen atoms in total. The van der Waals surface area contributed by atoms with Crippen LogP contribution in [0.2, 0.25) is 0 Å². The minimum Gasteiger partial charge on any atom is -0.481 e. The molecule has 0 saturated heterocycles. The summed E-state index contributed by atoms with van der Waals surface area (Å²) in [6.07, 6.45) is 0.649. The molecule has 0 radical (unpaired) electrons. The lowest BCUT2D eigenvalue weighted by Crippen LogP contribution is -2.20. The number of carbonyl (C=O) groups is 2. The number of ether oxygens (including phenoxy) is 1. The van der Waals surface area contributed by atoms with E-state index < -0.39 is 23.8 Å². The third kappa shape index (κ3) is 4.30. The zero-order valence-corrected chi connectivity index (χ0v) is 10.1. The average Bonchev–Trinajstić information content (AvgIpc) is 2.17. The Bertz CT molecular complexity index is 300. The molecule has 0 aliphatic carbocycles. The second-order valence-corrected chi connectivity index (χ2v) is 3.63. The van der Waals surface area contributed by atoms with Crippen molar-refractivity contribution in [3.05, 3.63) is 24.7 Å². The van der Waals surface area contributed by atoms with E-state index in [0.717, 1.165) is 0 Å². The third-order valence-corrected chi connectivity index (χ3v) is 2.45. The molecule has 0 rings (SSSR count). The van der Waals surface area contributed by atoms with Gasteiger partial charge in [-0.15, -0.1) is 0 Å². The maximum atomic E-state index is 10.8. The molecule has 0 spiro atoms. The van der Waals surface area contributed by atoms with Crippen LogP contribution in [0.1, 0.15) is 26.7 Å². The molecule has 0 amide bonds. The first kappa shape index (κ1) is 15.2. The molecular formula is C12H18O5. The predicted octanol–water partition coefficient (Wildman–Crippen LogP) is 2.25. The molecule has 0 aromatic carbocycles. The number of carboxylic acids is 2. The first-order valence-corrected chi connectivity index (χ1v) is 5.36. The summed E-state index contributed by atoms with van der Waals surface area (Å²) < 4.78 is 5.13. The lowest BCUT2D eigenvalue weighted by atomic mass is 10.0. The number of hydrogen-bond acceptors (Lipinski definition) is 3. The van der Waals surface area contributed by atoms with Crippen molar-refractivity contribution < 1.29 is 24.5 Å². The van der Waals surface area contributed by atoms with Crippen molar-refractivity contribution in [2.75, 3.05) is 0 Å². The second kappa shape index (κ2) is 6.73. The number of aliphatic carboxylic acids is 2. The van der Waals surface area contributed by atoms with Gasteiger partial charge in [0.05, 0.1) is 0 Å². The van der Waals surface area contributed by atoms with Crippen molar-refractivity contribution in [2.45, 2.75) is 26.7 Å². The monoisotopic (exact) mass is 242 g/mol. The summed E-state index contributed by atoms with van der Waals surface area (Å²) in [5.41, 5.74) is 0. The van der Waals surface area contributed by atoms with Gasteiger partial charge in [-0.2, -0.15) is 0 Å². The summed E-state index contributed by atoms with van der Waals surface area (Å²) in [5, 5.41) is 17.7. The minimum atomic E-state index is -1.05. The molecule has 0 aromatic rings. The number of hydrogen-bond donors (Lipinski definition) is 2. The normalized spacial score (nSPS) is 13.5. The Morgan fingerprint density at radius 2 is 1.29 bits per heavy atom. The van der Waals surface area contributed by atoms with E-state index in [0.29, 0.717) is 12.8 Å². The van der Waals surface area contributed by atoms with Gasteiger partial charge >= 0.3 is 11.9 Å². The van der Waals surface area contributed by atoms with Crippen LogP contribution in [-0.4, -0.2) is 22.2 Å². The topological polar surface area (TPSA) is 83.8 Å². The minimum absolute atomic E-state index is 0.0182. The molecule has 0 aliphatic rings. The Balaban J connectivity index is 4.62. The zero-order chi connectivity index (χ0) is 13.6. The van der Waals surface area contributed by atoms with E-state index in [9.17, 15) is 9.59 Å². The third-order valence-electron chi connectivity index (χ3n) is 2.45. The highest BCUT2D eigenvalue weighted by Gasteiger charge is 2.25. The van der Waals surface area contributed by atoms with Crippen LogP contribution in [-0.2, 0) is 14.3 Å². The van der Waals surface area contributed by atoms with Gasteiger partial charge in [-0.1, -0.05) is 27.0 Å². The zero-order valence-electron chi connectivity index (χ0n) is 10.1. The van der Waals surface area contributed by atoms with E-state index in [1.54, 1.807) is 13.8 Å². The van der Waals surface area contributed by atoms with Crippen molar-refractivity contribution in [1.82, 2.24) is 0 Å². The number of rotatable bonds is 8. The number of carboxylic acid groups (broad SMARTS) is 2. The first-order chi connectivity index (χ1) is 7.84. The molecule has 0 fully saturated rings. The fourth-order valence-electron chi connectivity index (χ4n) is 1.39. The van der Waals surface area contributed by atoms with E-state index in [2.05, 4.69) is 13.2 Å². The van der Waals surface area contributed by atoms with Gasteiger partial charge in [-0.3, -0.25) is 9.59 Å². The summed E-state index contributed by atoms with van der Waals surface area (Å²) in [5.74, 6) is -3.76. The standard InChI is InChI=1S/C12H18O5/c1-5-9(11(13)14)7(3)17-8(4)10(6-2)12(15)16/h9-10H,3-6H2,1-2H3,(H,13,14)(H,15,16). The fourth-order valence-corrected chi connectivity index (χ4v) is 1.39. The Hall–Kier alpha value is -1.78. The van der Waals surface area contributed by atoms with Crippen molar-refractivity contribution in [3.63, 3.8) is 0 Å². The van der Waals surface area contributed by atoms with Crippen molar-refractivity contribution in [2.24, 2.45) is 11.8 Å². The van der Waals surface area contributed by atoms with Gasteiger partial charge in [0.25, 0.3) is 0 Å². The first-order valence-electron chi connectivity index (χ1n) is 5.36. The van der Waals surface area contributed by atoms with E-state index in [-0.39, 0.29) is 11.5 Å². The molecule has 96 valence electrons. The van der Waals surface area contributed by atoms with Crippen molar-refractivity contribution >= 4 is 11.9 Å². The molecule has 5 heteroatoms. The van der Waals surface area contributed by atoms with Gasteiger partial charge in [-0.25, -0.2) is 0 Å². The lowest BCUT2D eigenvalue weighted by molar-refractivity contribution is -0.141. The quantitative estimate of drug-likeness (QED) is 0.638. The van der Waals surface area contributed by atoms with Crippen LogP contribution in [0.25, 0.3) is 0 Å². The highest BCUT2D eigenvalue weighted by Crippen LogP contribution is 2.23. The van der Waals surface area contributed by atoms with Crippen LogP contribution in [0.4, 0.5) is 0 Å². The molecule has 0 bridgehead atoms. The van der Waals surface area contributed by atoms with Gasteiger partial charge in [0, 0.05) is 0 Å². The van der Waals surface area contributed by atoms with Crippen LogP contribution in [0.3, 0.4) is 0 Å². The SMILES string of the molecule is C=C(OC(=C)C(CC)C(=O)O)C(CC)C(=O)O. The maximum absolute atomic E-state index is 10.8. The summed E-state index contributed by atoms with van der Waals surface area (Å²) >= 11 is 0. The van der Waals surface area contributed by atoms with Gasteiger partial charge in [-0.05, 0) is 12.8 Å². The van der Waals surface area contributed by atoms with E-state index in [1.165, 1.54) is 0 Å². The molecule has 0 aliphatic heterocycles. The van der Waals surface area contributed by atoms with Gasteiger partial charge in [0.2, 0.25) is 0 Å². The summed E-state index contributed by atoms with van der Waals surface area (Å²) in [6, 6.07) is 0. The van der Waals surface area contributed by atoms with Gasteiger partial charge < -0.3 is 14.9 Å². The van der Waals surface area contributed by atoms with Crippen LogP contribution in [0, 0.1) is 11.8 Å². The van der Waals surface area contributed by atoms with Gasteiger partial charge in [0.15, 0.2) is 0 Å². The largest absolute Gasteiger partial charge is 0.481 e. The predicted molar refractivity (Wildman–Crippen MR) is 62.2 cm³/mol. The van der Waals surface area contributed by atoms with E-state index >= 15 is 0 Å². The van der Waals surface area contributed by atoms with Crippen LogP contribution in [0.15, 0.2) is 24.7 Å². The molecule has 2 atom stereocenters. The Labute approximate surface area is 100 Å². The smallest absolute Gasteiger partial charge is 0.314 e. The summed E-state index contributed by atoms with van der Waals surface area (Å²) in [4.78, 5) is 21.7. The average molecular weight is 242 g/mol. The Kier molecular flexibility index (Phi) is 6.02. The molecule has 2 unspecified atom stereocenters. The van der Waals surface area contributed by atoms with E-state index in [1.807, 2.05) is 0 Å². The van der Waals surface area contributed by atoms with Crippen LogP contribution >= 0.6 is 0 Å². The second-order valence-electron chi connectivity index (χ2n) is 3.63. The fraction of sp³-hybridized carbons (Fsp3) is 0.500. The van der Waals surface area contributed by atoms with Crippen LogP contribution in [0.5, 0.6) is 0 Å². The van der Waals surface area contributed by atoms with E-state index in [4.69, 9.17) is 14.9 Å². The van der Waals surface area contributed by atoms with Crippen molar-refractivity contribution in [3.8, 4) is 0 Å². The summed E-state index contributed by atoms with van der Waals surface area (Å²) in [7, 11) is 0. The molecule has 0 heterocycles. The highest BCUT2D eigenvalue weighted by atomic mass is 16.5. The van der Waals surface area contributed by atoms with Gasteiger partial charge in [0.1, 0.15) is 23.4 Å². The van der Waals surface area contributed by atoms with Crippen molar-refractivity contribution in [1.29, 1.82) is 0 Å². The molecular weight excluding hydrogens is 224 g/mol. The maximum Gasteiger partial charge on any atom is 0.314 e. The molecule has 0 aromatic heterocycles. The lowest BCUT2D eigenvalue weighted by Gasteiger charge is -2.19. The molecule has 0 saturated carbocycles. The molecule has 17 heavy (non-hydrogen) atoms. The Morgan fingerprint density at radius 3 is 1.47 bits per heavy atom.